The molecular weight excluding hydrogens is 288 g/mol. The second-order valence-electron chi connectivity index (χ2n) is 4.69. The number of benzene rings is 1. The number of nitrogens with one attached hydrogen (secondary N) is 2. The Kier molecular flexibility index (Phi) is 7.68. The third-order valence-electron chi connectivity index (χ3n) is 2.40. The molecule has 0 unspecified atom stereocenters. The highest BCUT2D eigenvalue weighted by Gasteiger charge is 2.07. The predicted molar refractivity (Wildman–Crippen MR) is 84.6 cm³/mol. The van der Waals surface area contributed by atoms with Gasteiger partial charge < -0.3 is 15.4 Å². The third kappa shape index (κ3) is 7.60. The van der Waals surface area contributed by atoms with E-state index in [-0.39, 0.29) is 30.2 Å². The lowest BCUT2D eigenvalue weighted by atomic mass is 10.3. The fraction of sp³-hybridized carbons (Fsp3) is 0.467. The molecule has 2 N–H and O–H groups in total. The summed E-state index contributed by atoms with van der Waals surface area (Å²) in [6, 6.07) is 7.65. The zero-order valence-electron chi connectivity index (χ0n) is 12.6. The maximum Gasteiger partial charge on any atom is 0.239 e. The first-order valence-electron chi connectivity index (χ1n) is 6.93. The van der Waals surface area contributed by atoms with Gasteiger partial charge in [-0.2, -0.15) is 0 Å². The summed E-state index contributed by atoms with van der Waals surface area (Å²) in [5, 5.41) is 5.31. The van der Waals surface area contributed by atoms with Crippen LogP contribution < -0.4 is 15.4 Å². The Morgan fingerprint density at radius 1 is 1.19 bits per heavy atom. The fourth-order valence-corrected chi connectivity index (χ4v) is 2.28. The van der Waals surface area contributed by atoms with Crippen molar-refractivity contribution in [2.75, 3.05) is 18.9 Å². The van der Waals surface area contributed by atoms with Crippen molar-refractivity contribution in [2.45, 2.75) is 31.7 Å². The molecule has 0 saturated heterocycles. The lowest BCUT2D eigenvalue weighted by Gasteiger charge is -2.09. The molecule has 0 radical (unpaired) electrons. The van der Waals surface area contributed by atoms with E-state index < -0.39 is 0 Å². The predicted octanol–water partition coefficient (Wildman–Crippen LogP) is 1.82. The van der Waals surface area contributed by atoms with Crippen LogP contribution in [0.2, 0.25) is 0 Å². The molecule has 5 nitrogen and oxygen atoms in total. The minimum Gasteiger partial charge on any atom is -0.494 e. The van der Waals surface area contributed by atoms with Crippen LogP contribution in [0.3, 0.4) is 0 Å². The highest BCUT2D eigenvalue weighted by atomic mass is 32.2. The van der Waals surface area contributed by atoms with Crippen LogP contribution in [0.25, 0.3) is 0 Å². The highest BCUT2D eigenvalue weighted by Crippen LogP contribution is 2.21. The van der Waals surface area contributed by atoms with E-state index in [0.29, 0.717) is 6.61 Å². The topological polar surface area (TPSA) is 67.4 Å². The van der Waals surface area contributed by atoms with E-state index in [0.717, 1.165) is 10.6 Å². The third-order valence-corrected chi connectivity index (χ3v) is 3.41. The molecule has 21 heavy (non-hydrogen) atoms. The Bertz CT molecular complexity index is 460. The fourth-order valence-electron chi connectivity index (χ4n) is 1.55. The minimum absolute atomic E-state index is 0.0147. The Morgan fingerprint density at radius 2 is 1.86 bits per heavy atom. The van der Waals surface area contributed by atoms with Gasteiger partial charge in [0.1, 0.15) is 5.75 Å². The van der Waals surface area contributed by atoms with Crippen LogP contribution in [0.5, 0.6) is 5.75 Å². The van der Waals surface area contributed by atoms with Gasteiger partial charge in [0.2, 0.25) is 11.8 Å². The Morgan fingerprint density at radius 3 is 2.43 bits per heavy atom. The van der Waals surface area contributed by atoms with Gasteiger partial charge in [0, 0.05) is 10.9 Å². The van der Waals surface area contributed by atoms with Crippen molar-refractivity contribution in [2.24, 2.45) is 0 Å². The van der Waals surface area contributed by atoms with Crippen molar-refractivity contribution in [3.05, 3.63) is 24.3 Å². The molecule has 0 spiro atoms. The number of carbonyl (C=O) groups is 2. The minimum atomic E-state index is -0.176. The molecule has 1 aromatic rings. The van der Waals surface area contributed by atoms with Crippen molar-refractivity contribution >= 4 is 23.6 Å². The SMILES string of the molecule is CCOc1ccc(SCC(=O)NCC(=O)NC(C)C)cc1. The van der Waals surface area contributed by atoms with Crippen LogP contribution in [0.15, 0.2) is 29.2 Å². The maximum atomic E-state index is 11.6. The van der Waals surface area contributed by atoms with Gasteiger partial charge in [-0.05, 0) is 45.0 Å². The van der Waals surface area contributed by atoms with Gasteiger partial charge in [0.05, 0.1) is 18.9 Å². The molecule has 0 aliphatic carbocycles. The summed E-state index contributed by atoms with van der Waals surface area (Å²) in [6.07, 6.45) is 0. The van der Waals surface area contributed by atoms with Gasteiger partial charge in [-0.15, -0.1) is 11.8 Å². The number of hydrogen-bond donors (Lipinski definition) is 2. The van der Waals surface area contributed by atoms with Crippen molar-refractivity contribution in [3.8, 4) is 5.75 Å². The van der Waals surface area contributed by atoms with Gasteiger partial charge in [0.25, 0.3) is 0 Å². The smallest absolute Gasteiger partial charge is 0.239 e. The quantitative estimate of drug-likeness (QED) is 0.719. The van der Waals surface area contributed by atoms with Gasteiger partial charge in [-0.25, -0.2) is 0 Å². The van der Waals surface area contributed by atoms with E-state index in [1.54, 1.807) is 0 Å². The molecule has 0 heterocycles. The zero-order chi connectivity index (χ0) is 15.7. The van der Waals surface area contributed by atoms with Crippen LogP contribution in [-0.4, -0.2) is 36.8 Å². The van der Waals surface area contributed by atoms with E-state index in [1.807, 2.05) is 45.0 Å². The molecule has 0 fully saturated rings. The van der Waals surface area contributed by atoms with Gasteiger partial charge in [-0.1, -0.05) is 0 Å². The average Bonchev–Trinajstić information content (AvgIpc) is 2.44. The largest absolute Gasteiger partial charge is 0.494 e. The maximum absolute atomic E-state index is 11.6. The van der Waals surface area contributed by atoms with E-state index in [2.05, 4.69) is 10.6 Å². The summed E-state index contributed by atoms with van der Waals surface area (Å²) < 4.78 is 5.35. The molecule has 0 aromatic heterocycles. The van der Waals surface area contributed by atoms with E-state index in [1.165, 1.54) is 11.8 Å². The van der Waals surface area contributed by atoms with E-state index in [9.17, 15) is 9.59 Å². The number of rotatable bonds is 8. The lowest BCUT2D eigenvalue weighted by molar-refractivity contribution is -0.125. The summed E-state index contributed by atoms with van der Waals surface area (Å²) in [6.45, 7) is 6.33. The number of hydrogen-bond acceptors (Lipinski definition) is 4. The summed E-state index contributed by atoms with van der Waals surface area (Å²) >= 11 is 1.42. The molecule has 0 aliphatic rings. The van der Waals surface area contributed by atoms with Crippen LogP contribution in [0.1, 0.15) is 20.8 Å². The molecule has 0 bridgehead atoms. The first kappa shape index (κ1) is 17.4. The molecule has 1 rings (SSSR count). The van der Waals surface area contributed by atoms with E-state index in [4.69, 9.17) is 4.74 Å². The van der Waals surface area contributed by atoms with Crippen LogP contribution >= 0.6 is 11.8 Å². The number of carbonyl (C=O) groups excluding carboxylic acids is 2. The monoisotopic (exact) mass is 310 g/mol. The lowest BCUT2D eigenvalue weighted by Crippen LogP contribution is -2.40. The number of amides is 2. The summed E-state index contributed by atoms with van der Waals surface area (Å²) in [5.41, 5.74) is 0. The normalized spacial score (nSPS) is 10.3. The van der Waals surface area contributed by atoms with Crippen molar-refractivity contribution in [3.63, 3.8) is 0 Å². The van der Waals surface area contributed by atoms with Gasteiger partial charge in [-0.3, -0.25) is 9.59 Å². The zero-order valence-corrected chi connectivity index (χ0v) is 13.5. The van der Waals surface area contributed by atoms with Gasteiger partial charge in [0.15, 0.2) is 0 Å². The molecule has 0 saturated carbocycles. The molecule has 1 aromatic carbocycles. The van der Waals surface area contributed by atoms with Crippen LogP contribution in [-0.2, 0) is 9.59 Å². The van der Waals surface area contributed by atoms with Crippen molar-refractivity contribution < 1.29 is 14.3 Å². The first-order chi connectivity index (χ1) is 10.0. The van der Waals surface area contributed by atoms with Crippen molar-refractivity contribution in [1.29, 1.82) is 0 Å². The second-order valence-corrected chi connectivity index (χ2v) is 5.74. The molecule has 0 atom stereocenters. The molecule has 0 aliphatic heterocycles. The standard InChI is InChI=1S/C15H22N2O3S/c1-4-20-12-5-7-13(8-6-12)21-10-15(19)16-9-14(18)17-11(2)3/h5-8,11H,4,9-10H2,1-3H3,(H,16,19)(H,17,18). The van der Waals surface area contributed by atoms with Crippen LogP contribution in [0.4, 0.5) is 0 Å². The average molecular weight is 310 g/mol. The summed E-state index contributed by atoms with van der Waals surface area (Å²) in [5.74, 6) is 0.761. The molecule has 6 heteroatoms. The van der Waals surface area contributed by atoms with Crippen molar-refractivity contribution in [1.82, 2.24) is 10.6 Å². The summed E-state index contributed by atoms with van der Waals surface area (Å²) in [4.78, 5) is 24.0. The Labute approximate surface area is 129 Å². The number of thioether (sulfide) groups is 1. The second kappa shape index (κ2) is 9.28. The molecule has 2 amide bonds. The molecular formula is C15H22N2O3S. The van der Waals surface area contributed by atoms with E-state index >= 15 is 0 Å². The number of ether oxygens (including phenoxy) is 1. The Hall–Kier alpha value is -1.69. The molecule has 116 valence electrons. The van der Waals surface area contributed by atoms with Crippen LogP contribution in [0, 0.1) is 0 Å². The summed E-state index contributed by atoms with van der Waals surface area (Å²) in [7, 11) is 0. The Balaban J connectivity index is 2.27. The van der Waals surface area contributed by atoms with Gasteiger partial charge >= 0.3 is 0 Å². The highest BCUT2D eigenvalue weighted by molar-refractivity contribution is 8.00. The first-order valence-corrected chi connectivity index (χ1v) is 7.91.